The fourth-order valence-electron chi connectivity index (χ4n) is 6.99. The largest absolute Gasteiger partial charge is 0.480 e. The summed E-state index contributed by atoms with van der Waals surface area (Å²) in [5.74, 6) is -0.694. The molecule has 6 heteroatoms. The molecule has 50 heavy (non-hydrogen) atoms. The van der Waals surface area contributed by atoms with Gasteiger partial charge in [-0.25, -0.2) is 9.59 Å². The lowest BCUT2D eigenvalue weighted by Crippen LogP contribution is -2.54. The van der Waals surface area contributed by atoms with Crippen LogP contribution in [0.4, 0.5) is 4.79 Å². The first kappa shape index (κ1) is 32.4. The van der Waals surface area contributed by atoms with E-state index < -0.39 is 23.2 Å². The highest BCUT2D eigenvalue weighted by atomic mass is 16.5. The van der Waals surface area contributed by atoms with Gasteiger partial charge in [-0.05, 0) is 46.9 Å². The van der Waals surface area contributed by atoms with Crippen LogP contribution in [-0.4, -0.2) is 29.3 Å². The highest BCUT2D eigenvalue weighted by molar-refractivity contribution is 5.84. The Hall–Kier alpha value is -6.14. The number of carbonyl (C=O) groups excluding carboxylic acids is 1. The van der Waals surface area contributed by atoms with Crippen molar-refractivity contribution in [3.63, 3.8) is 0 Å². The zero-order valence-corrected chi connectivity index (χ0v) is 27.7. The summed E-state index contributed by atoms with van der Waals surface area (Å²) in [7, 11) is 0. The number of nitrogens with one attached hydrogen (secondary N) is 1. The molecular weight excluding hydrogens is 622 g/mol. The molecule has 6 aromatic rings. The molecule has 0 saturated heterocycles. The molecule has 6 nitrogen and oxygen atoms in total. The number of hydrogen-bond donors (Lipinski definition) is 2. The van der Waals surface area contributed by atoms with E-state index in [-0.39, 0.29) is 18.9 Å². The molecule has 0 heterocycles. The molecule has 0 bridgehead atoms. The summed E-state index contributed by atoms with van der Waals surface area (Å²) in [6, 6.07) is 53.8. The smallest absolute Gasteiger partial charge is 0.408 e. The van der Waals surface area contributed by atoms with Gasteiger partial charge in [0.1, 0.15) is 17.9 Å². The van der Waals surface area contributed by atoms with E-state index in [1.54, 1.807) is 0 Å². The Morgan fingerprint density at radius 3 is 1.52 bits per heavy atom. The van der Waals surface area contributed by atoms with Gasteiger partial charge in [-0.1, -0.05) is 152 Å². The SMILES string of the molecule is C[C@@](Cc1ccc(OC(c2ccccc2)(c2ccccc2)c2ccccc2)cc1)(NC(=O)OCC1c2ccccc2-c2ccccc21)C(=O)O. The number of amides is 1. The molecule has 0 radical (unpaired) electrons. The number of rotatable bonds is 11. The second kappa shape index (κ2) is 13.8. The average molecular weight is 660 g/mol. The first-order chi connectivity index (χ1) is 24.4. The first-order valence-corrected chi connectivity index (χ1v) is 16.7. The summed E-state index contributed by atoms with van der Waals surface area (Å²) in [6.45, 7) is 1.58. The van der Waals surface area contributed by atoms with Crippen LogP contribution in [0.25, 0.3) is 11.1 Å². The van der Waals surface area contributed by atoms with Crippen molar-refractivity contribution in [1.29, 1.82) is 0 Å². The Bertz CT molecular complexity index is 1960. The molecule has 1 aliphatic carbocycles. The Morgan fingerprint density at radius 2 is 1.06 bits per heavy atom. The lowest BCUT2D eigenvalue weighted by atomic mass is 9.80. The van der Waals surface area contributed by atoms with Crippen molar-refractivity contribution in [3.05, 3.63) is 197 Å². The number of fused-ring (bicyclic) bond motifs is 3. The Labute approximate surface area is 292 Å². The van der Waals surface area contributed by atoms with Crippen molar-refractivity contribution in [1.82, 2.24) is 5.32 Å². The topological polar surface area (TPSA) is 84.9 Å². The summed E-state index contributed by atoms with van der Waals surface area (Å²) in [5.41, 5.74) is 5.44. The summed E-state index contributed by atoms with van der Waals surface area (Å²) < 4.78 is 12.7. The highest BCUT2D eigenvalue weighted by Crippen LogP contribution is 2.45. The third-order valence-corrected chi connectivity index (χ3v) is 9.49. The quantitative estimate of drug-likeness (QED) is 0.136. The van der Waals surface area contributed by atoms with Crippen molar-refractivity contribution in [2.45, 2.75) is 30.4 Å². The maximum atomic E-state index is 13.1. The maximum Gasteiger partial charge on any atom is 0.408 e. The minimum atomic E-state index is -1.62. The van der Waals surface area contributed by atoms with Gasteiger partial charge in [0.25, 0.3) is 0 Å². The summed E-state index contributed by atoms with van der Waals surface area (Å²) >= 11 is 0. The van der Waals surface area contributed by atoms with Crippen LogP contribution in [0.3, 0.4) is 0 Å². The van der Waals surface area contributed by atoms with Crippen LogP contribution in [0.1, 0.15) is 46.2 Å². The van der Waals surface area contributed by atoms with Crippen LogP contribution in [-0.2, 0) is 21.6 Å². The molecule has 2 N–H and O–H groups in total. The Morgan fingerprint density at radius 1 is 0.620 bits per heavy atom. The zero-order valence-electron chi connectivity index (χ0n) is 27.7. The zero-order chi connectivity index (χ0) is 34.6. The fourth-order valence-corrected chi connectivity index (χ4v) is 6.99. The number of benzene rings is 6. The second-order valence-corrected chi connectivity index (χ2v) is 12.8. The number of carboxylic acid groups (broad SMARTS) is 1. The summed E-state index contributed by atoms with van der Waals surface area (Å²) in [4.78, 5) is 25.7. The molecule has 248 valence electrons. The molecule has 0 aromatic heterocycles. The van der Waals surface area contributed by atoms with Crippen LogP contribution in [0.15, 0.2) is 164 Å². The molecule has 0 unspecified atom stereocenters. The number of alkyl carbamates (subject to hydrolysis) is 1. The van der Waals surface area contributed by atoms with Gasteiger partial charge in [-0.2, -0.15) is 0 Å². The van der Waals surface area contributed by atoms with Crippen LogP contribution < -0.4 is 10.1 Å². The van der Waals surface area contributed by atoms with E-state index in [4.69, 9.17) is 9.47 Å². The fraction of sp³-hybridized carbons (Fsp3) is 0.136. The van der Waals surface area contributed by atoms with E-state index in [2.05, 4.69) is 53.8 Å². The molecule has 0 spiro atoms. The molecule has 0 saturated carbocycles. The molecule has 1 aliphatic rings. The first-order valence-electron chi connectivity index (χ1n) is 16.7. The lowest BCUT2D eigenvalue weighted by Gasteiger charge is -2.36. The van der Waals surface area contributed by atoms with Gasteiger partial charge in [0.15, 0.2) is 5.60 Å². The Kier molecular flexibility index (Phi) is 8.92. The van der Waals surface area contributed by atoms with E-state index in [0.29, 0.717) is 11.3 Å². The van der Waals surface area contributed by atoms with Crippen molar-refractivity contribution in [2.24, 2.45) is 0 Å². The van der Waals surface area contributed by atoms with Crippen molar-refractivity contribution in [3.8, 4) is 16.9 Å². The molecule has 0 fully saturated rings. The van der Waals surface area contributed by atoms with Crippen LogP contribution in [0.5, 0.6) is 5.75 Å². The third-order valence-electron chi connectivity index (χ3n) is 9.49. The molecule has 1 amide bonds. The molecule has 7 rings (SSSR count). The summed E-state index contributed by atoms with van der Waals surface area (Å²) in [6.07, 6.45) is -0.747. The standard InChI is InChI=1S/C44H37NO5/c1-43(41(46)47,45-42(48)49-30-40-38-23-13-11-21-36(38)37-22-12-14-24-39(37)40)29-31-25-27-35(28-26-31)50-44(32-15-5-2-6-16-32,33-17-7-3-8-18-33)34-19-9-4-10-20-34/h2-28,40H,29-30H2,1H3,(H,45,48)(H,46,47)/t43-/m0/s1. The number of aliphatic carboxylic acids is 1. The molecular formula is C44H37NO5. The van der Waals surface area contributed by atoms with E-state index in [0.717, 1.165) is 38.9 Å². The van der Waals surface area contributed by atoms with Crippen molar-refractivity contribution >= 4 is 12.1 Å². The minimum absolute atomic E-state index is 0.0357. The molecule has 0 aliphatic heterocycles. The van der Waals surface area contributed by atoms with Gasteiger partial charge in [-0.15, -0.1) is 0 Å². The minimum Gasteiger partial charge on any atom is -0.480 e. The highest BCUT2D eigenvalue weighted by Gasteiger charge is 2.40. The number of ether oxygens (including phenoxy) is 2. The monoisotopic (exact) mass is 659 g/mol. The van der Waals surface area contributed by atoms with Gasteiger partial charge in [0.05, 0.1) is 0 Å². The Balaban J connectivity index is 1.10. The van der Waals surface area contributed by atoms with E-state index in [1.165, 1.54) is 6.92 Å². The number of carbonyl (C=O) groups is 2. The van der Waals surface area contributed by atoms with Crippen molar-refractivity contribution in [2.75, 3.05) is 6.61 Å². The predicted molar refractivity (Wildman–Crippen MR) is 194 cm³/mol. The van der Waals surface area contributed by atoms with Gasteiger partial charge in [0, 0.05) is 29.0 Å². The normalized spacial score (nSPS) is 13.4. The van der Waals surface area contributed by atoms with E-state index in [9.17, 15) is 14.7 Å². The van der Waals surface area contributed by atoms with E-state index >= 15 is 0 Å². The van der Waals surface area contributed by atoms with Crippen LogP contribution >= 0.6 is 0 Å². The van der Waals surface area contributed by atoms with Crippen molar-refractivity contribution < 1.29 is 24.2 Å². The van der Waals surface area contributed by atoms with Gasteiger partial charge >= 0.3 is 12.1 Å². The summed E-state index contributed by atoms with van der Waals surface area (Å²) in [5, 5.41) is 12.9. The van der Waals surface area contributed by atoms with E-state index in [1.807, 2.05) is 115 Å². The van der Waals surface area contributed by atoms with Gasteiger partial charge < -0.3 is 19.9 Å². The number of hydrogen-bond acceptors (Lipinski definition) is 4. The van der Waals surface area contributed by atoms with Crippen LogP contribution in [0, 0.1) is 0 Å². The molecule has 6 aromatic carbocycles. The van der Waals surface area contributed by atoms with Gasteiger partial charge in [-0.3, -0.25) is 0 Å². The predicted octanol–water partition coefficient (Wildman–Crippen LogP) is 8.98. The molecule has 1 atom stereocenters. The second-order valence-electron chi connectivity index (χ2n) is 12.8. The maximum absolute atomic E-state index is 13.1. The average Bonchev–Trinajstić information content (AvgIpc) is 3.48. The van der Waals surface area contributed by atoms with Gasteiger partial charge in [0.2, 0.25) is 0 Å². The lowest BCUT2D eigenvalue weighted by molar-refractivity contribution is -0.143. The number of carboxylic acids is 1. The third kappa shape index (κ3) is 6.24. The van der Waals surface area contributed by atoms with Crippen LogP contribution in [0.2, 0.25) is 0 Å².